The highest BCUT2D eigenvalue weighted by molar-refractivity contribution is 7.17. The third-order valence-electron chi connectivity index (χ3n) is 5.18. The van der Waals surface area contributed by atoms with E-state index in [1.54, 1.807) is 24.3 Å². The molecule has 3 heterocycles. The molecule has 150 valence electrons. The summed E-state index contributed by atoms with van der Waals surface area (Å²) in [7, 11) is 0. The van der Waals surface area contributed by atoms with Crippen LogP contribution in [0.1, 0.15) is 45.0 Å². The van der Waals surface area contributed by atoms with E-state index in [1.807, 2.05) is 0 Å². The Kier molecular flexibility index (Phi) is 4.97. The number of hydrogen-bond donors (Lipinski definition) is 2. The molecule has 1 aliphatic rings. The van der Waals surface area contributed by atoms with Crippen molar-refractivity contribution in [2.75, 3.05) is 11.9 Å². The molecule has 3 N–H and O–H groups in total. The van der Waals surface area contributed by atoms with Gasteiger partial charge in [0, 0.05) is 29.4 Å². The fourth-order valence-electron chi connectivity index (χ4n) is 3.60. The van der Waals surface area contributed by atoms with Gasteiger partial charge in [0.1, 0.15) is 16.1 Å². The van der Waals surface area contributed by atoms with Gasteiger partial charge in [-0.15, -0.1) is 11.3 Å². The lowest BCUT2D eigenvalue weighted by molar-refractivity contribution is 0.0999. The standard InChI is InChI=1S/C21H21N3O4S/c1-11(2)24-8-7-13-16(10-24)29-20(17(13)18(22)25)23-19(26)14-9-12-5-3-4-6-15(12)28-21(14)27/h3-6,9,11H,7-8,10H2,1-2H3,(H2,22,25)(H,23,26). The first-order valence-corrected chi connectivity index (χ1v) is 10.2. The predicted molar refractivity (Wildman–Crippen MR) is 113 cm³/mol. The number of anilines is 1. The third-order valence-corrected chi connectivity index (χ3v) is 6.31. The SMILES string of the molecule is CC(C)N1CCc2c(sc(NC(=O)c3cc4ccccc4oc3=O)c2C(N)=O)C1. The van der Waals surface area contributed by atoms with Crippen molar-refractivity contribution >= 4 is 39.1 Å². The van der Waals surface area contributed by atoms with Crippen LogP contribution in [0.15, 0.2) is 39.5 Å². The zero-order valence-corrected chi connectivity index (χ0v) is 17.0. The van der Waals surface area contributed by atoms with Crippen molar-refractivity contribution in [2.45, 2.75) is 32.9 Å². The van der Waals surface area contributed by atoms with Crippen LogP contribution in [0.4, 0.5) is 5.00 Å². The van der Waals surface area contributed by atoms with E-state index in [4.69, 9.17) is 10.2 Å². The Morgan fingerprint density at radius 1 is 1.28 bits per heavy atom. The molecule has 2 aromatic heterocycles. The monoisotopic (exact) mass is 411 g/mol. The topological polar surface area (TPSA) is 106 Å². The van der Waals surface area contributed by atoms with Crippen LogP contribution in [-0.2, 0) is 13.0 Å². The lowest BCUT2D eigenvalue weighted by atomic mass is 10.0. The molecule has 7 nitrogen and oxygen atoms in total. The van der Waals surface area contributed by atoms with E-state index >= 15 is 0 Å². The Hall–Kier alpha value is -2.97. The van der Waals surface area contributed by atoms with Crippen LogP contribution in [0.5, 0.6) is 0 Å². The first-order valence-electron chi connectivity index (χ1n) is 9.37. The molecule has 29 heavy (non-hydrogen) atoms. The van der Waals surface area contributed by atoms with Crippen LogP contribution >= 0.6 is 11.3 Å². The van der Waals surface area contributed by atoms with Crippen LogP contribution in [-0.4, -0.2) is 29.3 Å². The number of benzene rings is 1. The molecule has 1 aliphatic heterocycles. The van der Waals surface area contributed by atoms with Crippen LogP contribution in [0, 0.1) is 0 Å². The summed E-state index contributed by atoms with van der Waals surface area (Å²) in [6.45, 7) is 5.76. The second-order valence-corrected chi connectivity index (χ2v) is 8.43. The van der Waals surface area contributed by atoms with Crippen LogP contribution in [0.25, 0.3) is 11.0 Å². The van der Waals surface area contributed by atoms with Crippen LogP contribution in [0.3, 0.4) is 0 Å². The molecule has 0 fully saturated rings. The molecule has 8 heteroatoms. The lowest BCUT2D eigenvalue weighted by Gasteiger charge is -2.30. The Morgan fingerprint density at radius 3 is 2.76 bits per heavy atom. The molecule has 0 atom stereocenters. The maximum absolute atomic E-state index is 12.8. The Morgan fingerprint density at radius 2 is 2.03 bits per heavy atom. The first-order chi connectivity index (χ1) is 13.8. The Bertz CT molecular complexity index is 1180. The van der Waals surface area contributed by atoms with Gasteiger partial charge in [-0.05, 0) is 38.0 Å². The number of fused-ring (bicyclic) bond motifs is 2. The van der Waals surface area contributed by atoms with Gasteiger partial charge in [-0.3, -0.25) is 14.5 Å². The highest BCUT2D eigenvalue weighted by Crippen LogP contribution is 2.37. The van der Waals surface area contributed by atoms with Gasteiger partial charge in [0.25, 0.3) is 11.8 Å². The molecule has 1 aromatic carbocycles. The van der Waals surface area contributed by atoms with Crippen molar-refractivity contribution in [2.24, 2.45) is 5.73 Å². The Balaban J connectivity index is 1.69. The van der Waals surface area contributed by atoms with Gasteiger partial charge in [-0.1, -0.05) is 18.2 Å². The summed E-state index contributed by atoms with van der Waals surface area (Å²) in [5.74, 6) is -1.20. The van der Waals surface area contributed by atoms with Gasteiger partial charge < -0.3 is 15.5 Å². The van der Waals surface area contributed by atoms with Crippen molar-refractivity contribution in [3.05, 3.63) is 62.3 Å². The fraction of sp³-hybridized carbons (Fsp3) is 0.286. The number of nitrogens with two attached hydrogens (primary N) is 1. The van der Waals surface area contributed by atoms with Gasteiger partial charge in [-0.2, -0.15) is 0 Å². The molecule has 0 unspecified atom stereocenters. The van der Waals surface area contributed by atoms with Gasteiger partial charge in [-0.25, -0.2) is 4.79 Å². The third kappa shape index (κ3) is 3.56. The Labute approximate surface area is 171 Å². The van der Waals surface area contributed by atoms with E-state index in [2.05, 4.69) is 24.1 Å². The average Bonchev–Trinajstić information content (AvgIpc) is 3.04. The van der Waals surface area contributed by atoms with Crippen LogP contribution < -0.4 is 16.7 Å². The molecule has 0 saturated heterocycles. The summed E-state index contributed by atoms with van der Waals surface area (Å²) in [5, 5.41) is 3.74. The maximum Gasteiger partial charge on any atom is 0.349 e. The summed E-state index contributed by atoms with van der Waals surface area (Å²) in [6, 6.07) is 8.84. The van der Waals surface area contributed by atoms with E-state index in [0.29, 0.717) is 40.5 Å². The van der Waals surface area contributed by atoms with Gasteiger partial charge in [0.05, 0.1) is 5.56 Å². The van der Waals surface area contributed by atoms with Gasteiger partial charge in [0.2, 0.25) is 0 Å². The normalized spacial score (nSPS) is 14.2. The smallest absolute Gasteiger partial charge is 0.349 e. The molecule has 0 spiro atoms. The molecule has 0 bridgehead atoms. The minimum absolute atomic E-state index is 0.116. The van der Waals surface area contributed by atoms with Crippen molar-refractivity contribution in [1.29, 1.82) is 0 Å². The number of nitrogens with one attached hydrogen (secondary N) is 1. The maximum atomic E-state index is 12.8. The number of carbonyl (C=O) groups is 2. The average molecular weight is 411 g/mol. The van der Waals surface area contributed by atoms with Gasteiger partial charge in [0.15, 0.2) is 0 Å². The first kappa shape index (κ1) is 19.4. The van der Waals surface area contributed by atoms with Crippen molar-refractivity contribution in [1.82, 2.24) is 4.90 Å². The molecular weight excluding hydrogens is 390 g/mol. The number of nitrogens with zero attached hydrogens (tertiary/aromatic N) is 1. The molecular formula is C21H21N3O4S. The summed E-state index contributed by atoms with van der Waals surface area (Å²) in [5.41, 5.74) is 6.41. The minimum Gasteiger partial charge on any atom is -0.422 e. The highest BCUT2D eigenvalue weighted by atomic mass is 32.1. The lowest BCUT2D eigenvalue weighted by Crippen LogP contribution is -2.35. The van der Waals surface area contributed by atoms with E-state index in [9.17, 15) is 14.4 Å². The quantitative estimate of drug-likeness (QED) is 0.642. The molecule has 2 amide bonds. The van der Waals surface area contributed by atoms with Crippen molar-refractivity contribution in [3.63, 3.8) is 0 Å². The van der Waals surface area contributed by atoms with E-state index in [1.165, 1.54) is 17.4 Å². The summed E-state index contributed by atoms with van der Waals surface area (Å²) in [4.78, 5) is 40.5. The number of amides is 2. The number of thiophene rings is 1. The zero-order valence-electron chi connectivity index (χ0n) is 16.2. The van der Waals surface area contributed by atoms with Crippen molar-refractivity contribution < 1.29 is 14.0 Å². The molecule has 0 radical (unpaired) electrons. The summed E-state index contributed by atoms with van der Waals surface area (Å²) in [6.07, 6.45) is 0.691. The molecule has 3 aromatic rings. The fourth-order valence-corrected chi connectivity index (χ4v) is 4.88. The van der Waals surface area contributed by atoms with Crippen LogP contribution in [0.2, 0.25) is 0 Å². The number of rotatable bonds is 4. The molecule has 0 aliphatic carbocycles. The predicted octanol–water partition coefficient (Wildman–Crippen LogP) is 2.97. The largest absolute Gasteiger partial charge is 0.422 e. The number of carbonyl (C=O) groups excluding carboxylic acids is 2. The highest BCUT2D eigenvalue weighted by Gasteiger charge is 2.29. The molecule has 4 rings (SSSR count). The second-order valence-electron chi connectivity index (χ2n) is 7.33. The number of para-hydroxylation sites is 1. The number of hydrogen-bond acceptors (Lipinski definition) is 6. The van der Waals surface area contributed by atoms with E-state index in [-0.39, 0.29) is 5.56 Å². The summed E-state index contributed by atoms with van der Waals surface area (Å²) >= 11 is 1.34. The van der Waals surface area contributed by atoms with Crippen molar-refractivity contribution in [3.8, 4) is 0 Å². The zero-order chi connectivity index (χ0) is 20.7. The second kappa shape index (κ2) is 7.46. The van der Waals surface area contributed by atoms with E-state index in [0.717, 1.165) is 17.0 Å². The summed E-state index contributed by atoms with van der Waals surface area (Å²) < 4.78 is 5.24. The molecule has 0 saturated carbocycles. The number of primary amides is 1. The minimum atomic E-state index is -0.728. The van der Waals surface area contributed by atoms with Gasteiger partial charge >= 0.3 is 5.63 Å². The van der Waals surface area contributed by atoms with E-state index < -0.39 is 17.4 Å².